The average Bonchev–Trinajstić information content (AvgIpc) is 3.40. The van der Waals surface area contributed by atoms with E-state index in [1.165, 1.54) is 6.92 Å². The molecule has 8 nitrogen and oxygen atoms in total. The summed E-state index contributed by atoms with van der Waals surface area (Å²) in [5, 5.41) is 3.85. The van der Waals surface area contributed by atoms with Crippen LogP contribution in [0.1, 0.15) is 37.0 Å². The Morgan fingerprint density at radius 1 is 1.23 bits per heavy atom. The summed E-state index contributed by atoms with van der Waals surface area (Å²) in [5.74, 6) is -6.88. The number of hydrogen-bond acceptors (Lipinski definition) is 8. The van der Waals surface area contributed by atoms with Crippen LogP contribution in [0.15, 0.2) is 46.1 Å². The van der Waals surface area contributed by atoms with Crippen molar-refractivity contribution in [2.24, 2.45) is 0 Å². The molecular formula is C25H25F5N4O4S2. The van der Waals surface area contributed by atoms with Crippen molar-refractivity contribution >= 4 is 38.8 Å². The molecule has 1 saturated heterocycles. The van der Waals surface area contributed by atoms with Crippen LogP contribution in [-0.4, -0.2) is 42.5 Å². The molecule has 0 bridgehead atoms. The number of carbonyl (C=O) groups excluding carboxylic acids is 1. The molecule has 0 radical (unpaired) electrons. The van der Waals surface area contributed by atoms with Crippen molar-refractivity contribution < 1.29 is 40.0 Å². The zero-order chi connectivity index (χ0) is 29.5. The molecule has 1 fully saturated rings. The fourth-order valence-electron chi connectivity index (χ4n) is 4.13. The minimum absolute atomic E-state index is 0.0611. The third-order valence-corrected chi connectivity index (χ3v) is 8.86. The number of anilines is 2. The lowest BCUT2D eigenvalue weighted by Crippen LogP contribution is -2.54. The van der Waals surface area contributed by atoms with Gasteiger partial charge in [0.1, 0.15) is 5.82 Å². The quantitative estimate of drug-likeness (QED) is 0.253. The Hall–Kier alpha value is -3.30. The van der Waals surface area contributed by atoms with Crippen molar-refractivity contribution in [2.75, 3.05) is 16.3 Å². The third kappa shape index (κ3) is 5.90. The topological polar surface area (TPSA) is 91.8 Å². The standard InChI is InChI=1S/C25H25F5N4O4S2/c1-15-19(31-11-16-6-4-5-7-17(16)12-33-9-8-24(33,2)3)10-18(26)22(21(15)27)40(36,37)34(20-13-39-14-32-20)38-23(35)25(28,29)30/h4-7,10,13-14,31H,8-9,11-12H2,1-3H3. The fraction of sp³-hybridized carbons (Fsp3) is 0.360. The van der Waals surface area contributed by atoms with Crippen molar-refractivity contribution in [1.82, 2.24) is 9.88 Å². The molecule has 1 aliphatic heterocycles. The van der Waals surface area contributed by atoms with Gasteiger partial charge in [-0.05, 0) is 44.4 Å². The van der Waals surface area contributed by atoms with E-state index < -0.39 is 49.0 Å². The molecule has 3 aromatic rings. The predicted octanol–water partition coefficient (Wildman–Crippen LogP) is 5.54. The molecule has 0 amide bonds. The number of benzene rings is 2. The van der Waals surface area contributed by atoms with E-state index in [0.29, 0.717) is 6.54 Å². The minimum atomic E-state index is -5.59. The van der Waals surface area contributed by atoms with E-state index in [4.69, 9.17) is 0 Å². The summed E-state index contributed by atoms with van der Waals surface area (Å²) in [7, 11) is -5.52. The van der Waals surface area contributed by atoms with Crippen molar-refractivity contribution in [1.29, 1.82) is 0 Å². The highest BCUT2D eigenvalue weighted by Gasteiger charge is 2.46. The molecule has 15 heteroatoms. The van der Waals surface area contributed by atoms with Gasteiger partial charge >= 0.3 is 22.2 Å². The Balaban J connectivity index is 1.62. The lowest BCUT2D eigenvalue weighted by molar-refractivity contribution is -0.199. The summed E-state index contributed by atoms with van der Waals surface area (Å²) in [6.07, 6.45) is -4.53. The van der Waals surface area contributed by atoms with Crippen LogP contribution in [0.4, 0.5) is 33.5 Å². The Bertz CT molecular complexity index is 1510. The molecule has 40 heavy (non-hydrogen) atoms. The minimum Gasteiger partial charge on any atom is -0.381 e. The van der Waals surface area contributed by atoms with Crippen LogP contribution in [0, 0.1) is 18.6 Å². The SMILES string of the molecule is Cc1c(NCc2ccccc2CN2CCC2(C)C)cc(F)c(S(=O)(=O)N(OC(=O)C(F)(F)F)c2cscn2)c1F. The van der Waals surface area contributed by atoms with Crippen molar-refractivity contribution in [3.63, 3.8) is 0 Å². The second-order valence-corrected chi connectivity index (χ2v) is 12.1. The van der Waals surface area contributed by atoms with Crippen LogP contribution in [-0.2, 0) is 32.7 Å². The van der Waals surface area contributed by atoms with Gasteiger partial charge in [0.25, 0.3) is 0 Å². The maximum absolute atomic E-state index is 15.4. The summed E-state index contributed by atoms with van der Waals surface area (Å²) in [5.41, 5.74) is 2.57. The van der Waals surface area contributed by atoms with Gasteiger partial charge in [-0.2, -0.15) is 21.6 Å². The number of sulfonamides is 1. The zero-order valence-electron chi connectivity index (χ0n) is 21.6. The number of nitrogens with one attached hydrogen (secondary N) is 1. The number of hydrogen-bond donors (Lipinski definition) is 1. The summed E-state index contributed by atoms with van der Waals surface area (Å²) in [4.78, 5) is 19.7. The van der Waals surface area contributed by atoms with E-state index in [-0.39, 0.29) is 23.3 Å². The summed E-state index contributed by atoms with van der Waals surface area (Å²) < 4.78 is 94.9. The number of alkyl halides is 3. The molecule has 0 aliphatic carbocycles. The highest BCUT2D eigenvalue weighted by atomic mass is 32.2. The normalized spacial score (nSPS) is 15.4. The van der Waals surface area contributed by atoms with Gasteiger partial charge in [0, 0.05) is 41.8 Å². The average molecular weight is 605 g/mol. The summed E-state index contributed by atoms with van der Waals surface area (Å²) in [6.45, 7) is 7.23. The second kappa shape index (κ2) is 10.9. The van der Waals surface area contributed by atoms with Gasteiger partial charge in [0.15, 0.2) is 16.5 Å². The molecule has 2 heterocycles. The molecule has 0 saturated carbocycles. The number of thiazole rings is 1. The van der Waals surface area contributed by atoms with Gasteiger partial charge in [-0.1, -0.05) is 28.7 Å². The molecule has 2 aromatic carbocycles. The lowest BCUT2D eigenvalue weighted by atomic mass is 9.88. The number of likely N-dealkylation sites (tertiary alicyclic amines) is 1. The van der Waals surface area contributed by atoms with Gasteiger partial charge in [-0.15, -0.1) is 11.3 Å². The largest absolute Gasteiger partial charge is 0.493 e. The Labute approximate surface area is 231 Å². The van der Waals surface area contributed by atoms with E-state index in [2.05, 4.69) is 33.9 Å². The first-order valence-corrected chi connectivity index (χ1v) is 14.3. The van der Waals surface area contributed by atoms with Gasteiger partial charge in [0.05, 0.1) is 5.51 Å². The number of aromatic nitrogens is 1. The third-order valence-electron chi connectivity index (χ3n) is 6.70. The van der Waals surface area contributed by atoms with Crippen LogP contribution in [0.3, 0.4) is 0 Å². The Kier molecular flexibility index (Phi) is 8.11. The van der Waals surface area contributed by atoms with Crippen molar-refractivity contribution in [3.05, 3.63) is 69.5 Å². The molecule has 0 unspecified atom stereocenters. The van der Waals surface area contributed by atoms with E-state index in [1.807, 2.05) is 24.3 Å². The lowest BCUT2D eigenvalue weighted by Gasteiger charge is -2.48. The predicted molar refractivity (Wildman–Crippen MR) is 138 cm³/mol. The van der Waals surface area contributed by atoms with Crippen LogP contribution in [0.2, 0.25) is 0 Å². The summed E-state index contributed by atoms with van der Waals surface area (Å²) >= 11 is 0.752. The van der Waals surface area contributed by atoms with Crippen LogP contribution in [0.5, 0.6) is 0 Å². The monoisotopic (exact) mass is 604 g/mol. The maximum Gasteiger partial charge on any atom is 0.493 e. The number of rotatable bonds is 9. The molecule has 0 atom stereocenters. The number of halogens is 5. The van der Waals surface area contributed by atoms with E-state index in [1.54, 1.807) is 0 Å². The highest BCUT2D eigenvalue weighted by Crippen LogP contribution is 2.34. The van der Waals surface area contributed by atoms with Crippen LogP contribution < -0.4 is 9.79 Å². The summed E-state index contributed by atoms with van der Waals surface area (Å²) in [6, 6.07) is 8.23. The first-order chi connectivity index (χ1) is 18.6. The molecule has 1 aromatic heterocycles. The molecule has 1 aliphatic rings. The van der Waals surface area contributed by atoms with Crippen molar-refractivity contribution in [3.8, 4) is 0 Å². The smallest absolute Gasteiger partial charge is 0.381 e. The second-order valence-electron chi connectivity index (χ2n) is 9.74. The molecular weight excluding hydrogens is 579 g/mol. The molecule has 1 N–H and O–H groups in total. The zero-order valence-corrected chi connectivity index (χ0v) is 23.2. The van der Waals surface area contributed by atoms with Gasteiger partial charge < -0.3 is 10.2 Å². The van der Waals surface area contributed by atoms with Gasteiger partial charge in [-0.3, -0.25) is 4.90 Å². The highest BCUT2D eigenvalue weighted by molar-refractivity contribution is 7.92. The number of carbonyl (C=O) groups is 1. The van der Waals surface area contributed by atoms with Gasteiger partial charge in [-0.25, -0.2) is 18.6 Å². The maximum atomic E-state index is 15.4. The van der Waals surface area contributed by atoms with Crippen molar-refractivity contribution in [2.45, 2.75) is 56.9 Å². The first-order valence-electron chi connectivity index (χ1n) is 11.9. The Morgan fingerprint density at radius 2 is 1.90 bits per heavy atom. The number of nitrogens with zero attached hydrogens (tertiary/aromatic N) is 3. The Morgan fingerprint density at radius 3 is 2.45 bits per heavy atom. The van der Waals surface area contributed by atoms with E-state index >= 15 is 8.78 Å². The van der Waals surface area contributed by atoms with E-state index in [0.717, 1.165) is 52.4 Å². The molecule has 4 rings (SSSR count). The van der Waals surface area contributed by atoms with Crippen LogP contribution >= 0.6 is 11.3 Å². The first kappa shape index (κ1) is 29.7. The molecule has 216 valence electrons. The van der Waals surface area contributed by atoms with Gasteiger partial charge in [0.2, 0.25) is 0 Å². The van der Waals surface area contributed by atoms with E-state index in [9.17, 15) is 26.4 Å². The van der Waals surface area contributed by atoms with Crippen LogP contribution in [0.25, 0.3) is 0 Å². The molecule has 0 spiro atoms. The fourth-order valence-corrected chi connectivity index (χ4v) is 6.07.